The molecule has 0 radical (unpaired) electrons. The Morgan fingerprint density at radius 2 is 2.00 bits per heavy atom. The van der Waals surface area contributed by atoms with Gasteiger partial charge in [-0.25, -0.2) is 13.8 Å². The second kappa shape index (κ2) is 6.45. The van der Waals surface area contributed by atoms with Crippen molar-refractivity contribution in [3.8, 4) is 0 Å². The van der Waals surface area contributed by atoms with Gasteiger partial charge in [-0.1, -0.05) is 0 Å². The molecule has 0 amide bonds. The van der Waals surface area contributed by atoms with Gasteiger partial charge in [0.05, 0.1) is 12.3 Å². The molecule has 0 saturated heterocycles. The van der Waals surface area contributed by atoms with Gasteiger partial charge in [0.15, 0.2) is 11.6 Å². The quantitative estimate of drug-likeness (QED) is 0.763. The van der Waals surface area contributed by atoms with E-state index in [1.807, 2.05) is 13.0 Å². The number of aliphatic hydroxyl groups excluding tert-OH is 1. The molecule has 0 spiro atoms. The lowest BCUT2D eigenvalue weighted by Crippen LogP contribution is -2.21. The molecule has 1 aliphatic carbocycles. The first-order valence-corrected chi connectivity index (χ1v) is 7.53. The van der Waals surface area contributed by atoms with Gasteiger partial charge in [0, 0.05) is 29.8 Å². The SMILES string of the molecule is C[C@@H](CO)Nc1nc(Nc2ccc(F)c(F)c2)cc(C2CC2)n1. The van der Waals surface area contributed by atoms with Crippen LogP contribution in [0.1, 0.15) is 31.4 Å². The number of benzene rings is 1. The number of nitrogens with zero attached hydrogens (tertiary/aromatic N) is 2. The maximum Gasteiger partial charge on any atom is 0.225 e. The molecule has 3 rings (SSSR count). The van der Waals surface area contributed by atoms with E-state index in [0.29, 0.717) is 23.4 Å². The van der Waals surface area contributed by atoms with E-state index >= 15 is 0 Å². The summed E-state index contributed by atoms with van der Waals surface area (Å²) in [5.41, 5.74) is 1.31. The minimum Gasteiger partial charge on any atom is -0.394 e. The zero-order valence-corrected chi connectivity index (χ0v) is 12.7. The van der Waals surface area contributed by atoms with Crippen molar-refractivity contribution in [2.75, 3.05) is 17.2 Å². The number of hydrogen-bond acceptors (Lipinski definition) is 5. The van der Waals surface area contributed by atoms with Crippen molar-refractivity contribution in [1.82, 2.24) is 9.97 Å². The monoisotopic (exact) mass is 320 g/mol. The van der Waals surface area contributed by atoms with E-state index in [-0.39, 0.29) is 12.6 Å². The predicted octanol–water partition coefficient (Wildman–Crippen LogP) is 3.17. The Morgan fingerprint density at radius 3 is 2.65 bits per heavy atom. The first-order chi connectivity index (χ1) is 11.0. The van der Waals surface area contributed by atoms with Gasteiger partial charge in [0.1, 0.15) is 5.82 Å². The van der Waals surface area contributed by atoms with Crippen molar-refractivity contribution in [2.45, 2.75) is 31.7 Å². The summed E-state index contributed by atoms with van der Waals surface area (Å²) in [4.78, 5) is 8.77. The average molecular weight is 320 g/mol. The second-order valence-electron chi connectivity index (χ2n) is 5.76. The number of hydrogen-bond donors (Lipinski definition) is 3. The van der Waals surface area contributed by atoms with E-state index in [4.69, 9.17) is 5.11 Å². The van der Waals surface area contributed by atoms with Crippen LogP contribution >= 0.6 is 0 Å². The Bertz CT molecular complexity index is 706. The fourth-order valence-electron chi connectivity index (χ4n) is 2.17. The van der Waals surface area contributed by atoms with Gasteiger partial charge in [-0.2, -0.15) is 4.98 Å². The summed E-state index contributed by atoms with van der Waals surface area (Å²) in [5.74, 6) is -0.496. The van der Waals surface area contributed by atoms with Crippen LogP contribution in [0.4, 0.5) is 26.2 Å². The Labute approximate surface area is 132 Å². The minimum atomic E-state index is -0.918. The molecular weight excluding hydrogens is 302 g/mol. The van der Waals surface area contributed by atoms with Crippen molar-refractivity contribution in [3.63, 3.8) is 0 Å². The first-order valence-electron chi connectivity index (χ1n) is 7.53. The van der Waals surface area contributed by atoms with E-state index in [1.54, 1.807) is 0 Å². The Morgan fingerprint density at radius 1 is 1.22 bits per heavy atom. The third-order valence-corrected chi connectivity index (χ3v) is 3.58. The van der Waals surface area contributed by atoms with Gasteiger partial charge in [-0.05, 0) is 31.9 Å². The number of aliphatic hydroxyl groups is 1. The number of nitrogens with one attached hydrogen (secondary N) is 2. The van der Waals surface area contributed by atoms with Crippen LogP contribution in [0.3, 0.4) is 0 Å². The molecule has 1 atom stereocenters. The van der Waals surface area contributed by atoms with E-state index in [0.717, 1.165) is 30.7 Å². The fourth-order valence-corrected chi connectivity index (χ4v) is 2.17. The maximum absolute atomic E-state index is 13.3. The highest BCUT2D eigenvalue weighted by atomic mass is 19.2. The van der Waals surface area contributed by atoms with E-state index < -0.39 is 11.6 Å². The minimum absolute atomic E-state index is 0.0387. The van der Waals surface area contributed by atoms with E-state index in [2.05, 4.69) is 20.6 Å². The number of anilines is 3. The molecule has 1 aromatic heterocycles. The van der Waals surface area contributed by atoms with Crippen LogP contribution in [-0.2, 0) is 0 Å². The highest BCUT2D eigenvalue weighted by molar-refractivity contribution is 5.58. The van der Waals surface area contributed by atoms with Crippen molar-refractivity contribution >= 4 is 17.5 Å². The summed E-state index contributed by atoms with van der Waals surface area (Å²) in [6.45, 7) is 1.78. The molecule has 0 unspecified atom stereocenters. The summed E-state index contributed by atoms with van der Waals surface area (Å²) in [5, 5.41) is 15.1. The molecule has 23 heavy (non-hydrogen) atoms. The van der Waals surface area contributed by atoms with Crippen LogP contribution in [-0.4, -0.2) is 27.7 Å². The molecule has 1 saturated carbocycles. The summed E-state index contributed by atoms with van der Waals surface area (Å²) in [6.07, 6.45) is 2.16. The lowest BCUT2D eigenvalue weighted by molar-refractivity contribution is 0.281. The maximum atomic E-state index is 13.3. The van der Waals surface area contributed by atoms with Gasteiger partial charge in [-0.15, -0.1) is 0 Å². The molecule has 1 aliphatic rings. The van der Waals surface area contributed by atoms with Gasteiger partial charge >= 0.3 is 0 Å². The standard InChI is InChI=1S/C16H18F2N4O/c1-9(8-23)19-16-21-14(10-2-3-10)7-15(22-16)20-11-4-5-12(17)13(18)6-11/h4-7,9-10,23H,2-3,8H2,1H3,(H2,19,20,21,22)/t9-/m0/s1. The van der Waals surface area contributed by atoms with Crippen LogP contribution < -0.4 is 10.6 Å². The third kappa shape index (κ3) is 3.92. The Hall–Kier alpha value is -2.28. The topological polar surface area (TPSA) is 70.1 Å². The smallest absolute Gasteiger partial charge is 0.225 e. The first kappa shape index (κ1) is 15.6. The second-order valence-corrected chi connectivity index (χ2v) is 5.76. The molecule has 1 fully saturated rings. The highest BCUT2D eigenvalue weighted by Crippen LogP contribution is 2.40. The van der Waals surface area contributed by atoms with E-state index in [1.165, 1.54) is 6.07 Å². The lowest BCUT2D eigenvalue weighted by Gasteiger charge is -2.14. The molecule has 0 bridgehead atoms. The van der Waals surface area contributed by atoms with Crippen molar-refractivity contribution in [2.24, 2.45) is 0 Å². The summed E-state index contributed by atoms with van der Waals surface area (Å²) >= 11 is 0. The molecular formula is C16H18F2N4O. The van der Waals surface area contributed by atoms with Crippen LogP contribution in [0.15, 0.2) is 24.3 Å². The van der Waals surface area contributed by atoms with Crippen LogP contribution in [0.25, 0.3) is 0 Å². The largest absolute Gasteiger partial charge is 0.394 e. The van der Waals surface area contributed by atoms with Crippen LogP contribution in [0.2, 0.25) is 0 Å². The van der Waals surface area contributed by atoms with Gasteiger partial charge in [0.2, 0.25) is 5.95 Å². The molecule has 1 aromatic carbocycles. The Balaban J connectivity index is 1.86. The summed E-state index contributed by atoms with van der Waals surface area (Å²) < 4.78 is 26.3. The molecule has 2 aromatic rings. The number of aromatic nitrogens is 2. The molecule has 0 aliphatic heterocycles. The summed E-state index contributed by atoms with van der Waals surface area (Å²) in [6, 6.07) is 5.22. The number of halogens is 2. The van der Waals surface area contributed by atoms with Gasteiger partial charge in [-0.3, -0.25) is 0 Å². The molecule has 7 heteroatoms. The summed E-state index contributed by atoms with van der Waals surface area (Å²) in [7, 11) is 0. The Kier molecular flexibility index (Phi) is 4.38. The van der Waals surface area contributed by atoms with Crippen molar-refractivity contribution in [3.05, 3.63) is 41.6 Å². The van der Waals surface area contributed by atoms with Crippen molar-refractivity contribution < 1.29 is 13.9 Å². The highest BCUT2D eigenvalue weighted by Gasteiger charge is 2.26. The molecule has 3 N–H and O–H groups in total. The van der Waals surface area contributed by atoms with Gasteiger partial charge < -0.3 is 15.7 Å². The van der Waals surface area contributed by atoms with Crippen LogP contribution in [0, 0.1) is 11.6 Å². The average Bonchev–Trinajstić information content (AvgIpc) is 3.35. The van der Waals surface area contributed by atoms with Crippen LogP contribution in [0.5, 0.6) is 0 Å². The lowest BCUT2D eigenvalue weighted by atomic mass is 10.2. The normalized spacial score (nSPS) is 15.3. The zero-order valence-electron chi connectivity index (χ0n) is 12.7. The van der Waals surface area contributed by atoms with E-state index in [9.17, 15) is 8.78 Å². The zero-order chi connectivity index (χ0) is 16.4. The molecule has 122 valence electrons. The molecule has 5 nitrogen and oxygen atoms in total. The van der Waals surface area contributed by atoms with Crippen molar-refractivity contribution in [1.29, 1.82) is 0 Å². The number of rotatable bonds is 6. The fraction of sp³-hybridized carbons (Fsp3) is 0.375. The third-order valence-electron chi connectivity index (χ3n) is 3.58. The predicted molar refractivity (Wildman–Crippen MR) is 83.8 cm³/mol. The molecule has 1 heterocycles. The van der Waals surface area contributed by atoms with Gasteiger partial charge in [0.25, 0.3) is 0 Å².